The van der Waals surface area contributed by atoms with Crippen LogP contribution in [0.15, 0.2) is 69.7 Å². The number of hydrogen-bond acceptors (Lipinski definition) is 7. The van der Waals surface area contributed by atoms with Crippen LogP contribution in [-0.2, 0) is 9.53 Å². The van der Waals surface area contributed by atoms with Crippen LogP contribution >= 0.6 is 11.3 Å². The number of amides is 1. The minimum Gasteiger partial charge on any atom is -0.484 e. The Kier molecular flexibility index (Phi) is 5.94. The summed E-state index contributed by atoms with van der Waals surface area (Å²) < 4.78 is 16.1. The van der Waals surface area contributed by atoms with Crippen molar-refractivity contribution in [1.29, 1.82) is 0 Å². The standard InChI is InChI=1S/C22H20N2O5S/c1-2-27-22(26)15-7-9-16(10-8-15)29-14-21(25)24-18(19-5-3-11-28-19)13-17(23-24)20-6-4-12-30-20/h3-12,18H,2,13-14H2,1H3. The third kappa shape index (κ3) is 4.28. The molecule has 0 fully saturated rings. The normalized spacial score (nSPS) is 15.7. The molecule has 0 N–H and O–H groups in total. The lowest BCUT2D eigenvalue weighted by atomic mass is 10.1. The minimum absolute atomic E-state index is 0.183. The van der Waals surface area contributed by atoms with Crippen molar-refractivity contribution >= 4 is 28.9 Å². The zero-order valence-corrected chi connectivity index (χ0v) is 17.1. The van der Waals surface area contributed by atoms with Gasteiger partial charge in [0, 0.05) is 6.42 Å². The van der Waals surface area contributed by atoms with Crippen LogP contribution in [0.2, 0.25) is 0 Å². The molecule has 0 bridgehead atoms. The fraction of sp³-hybridized carbons (Fsp3) is 0.227. The molecule has 8 heteroatoms. The maximum atomic E-state index is 12.9. The maximum Gasteiger partial charge on any atom is 0.338 e. The van der Waals surface area contributed by atoms with E-state index < -0.39 is 5.97 Å². The molecule has 1 aliphatic heterocycles. The van der Waals surface area contributed by atoms with E-state index in [9.17, 15) is 9.59 Å². The zero-order chi connectivity index (χ0) is 20.9. The summed E-state index contributed by atoms with van der Waals surface area (Å²) in [6.45, 7) is 1.88. The van der Waals surface area contributed by atoms with Crippen molar-refractivity contribution in [3.63, 3.8) is 0 Å². The molecule has 3 aromatic rings. The first-order valence-electron chi connectivity index (χ1n) is 9.52. The summed E-state index contributed by atoms with van der Waals surface area (Å²) in [7, 11) is 0. The molecule has 154 valence electrons. The molecule has 7 nitrogen and oxygen atoms in total. The van der Waals surface area contributed by atoms with Crippen LogP contribution in [-0.4, -0.2) is 35.8 Å². The number of carbonyl (C=O) groups is 2. The van der Waals surface area contributed by atoms with Crippen LogP contribution in [0, 0.1) is 0 Å². The SMILES string of the molecule is CCOC(=O)c1ccc(OCC(=O)N2N=C(c3cccs3)CC2c2ccco2)cc1. The van der Waals surface area contributed by atoms with Gasteiger partial charge in [0.2, 0.25) is 0 Å². The van der Waals surface area contributed by atoms with Crippen molar-refractivity contribution in [1.82, 2.24) is 5.01 Å². The molecule has 1 aromatic carbocycles. The molecule has 30 heavy (non-hydrogen) atoms. The Morgan fingerprint density at radius 3 is 2.70 bits per heavy atom. The maximum absolute atomic E-state index is 12.9. The number of carbonyl (C=O) groups excluding carboxylic acids is 2. The fourth-order valence-corrected chi connectivity index (χ4v) is 3.87. The molecule has 0 spiro atoms. The fourth-order valence-electron chi connectivity index (χ4n) is 3.15. The molecular formula is C22H20N2O5S. The molecule has 1 atom stereocenters. The van der Waals surface area contributed by atoms with Crippen molar-refractivity contribution in [3.8, 4) is 5.75 Å². The summed E-state index contributed by atoms with van der Waals surface area (Å²) in [5.41, 5.74) is 1.27. The summed E-state index contributed by atoms with van der Waals surface area (Å²) in [6, 6.07) is 13.7. The van der Waals surface area contributed by atoms with Crippen molar-refractivity contribution in [2.75, 3.05) is 13.2 Å². The monoisotopic (exact) mass is 424 g/mol. The molecule has 3 heterocycles. The first-order valence-corrected chi connectivity index (χ1v) is 10.4. The number of ether oxygens (including phenoxy) is 2. The quantitative estimate of drug-likeness (QED) is 0.529. The number of rotatable bonds is 7. The van der Waals surface area contributed by atoms with E-state index in [0.717, 1.165) is 10.6 Å². The van der Waals surface area contributed by atoms with Gasteiger partial charge in [-0.2, -0.15) is 5.10 Å². The second-order valence-electron chi connectivity index (χ2n) is 6.53. The molecule has 1 amide bonds. The van der Waals surface area contributed by atoms with Gasteiger partial charge in [0.05, 0.1) is 29.0 Å². The van der Waals surface area contributed by atoms with E-state index in [4.69, 9.17) is 13.9 Å². The van der Waals surface area contributed by atoms with E-state index in [2.05, 4.69) is 5.10 Å². The third-order valence-corrected chi connectivity index (χ3v) is 5.49. The molecule has 4 rings (SSSR count). The molecule has 0 radical (unpaired) electrons. The van der Waals surface area contributed by atoms with Crippen molar-refractivity contribution < 1.29 is 23.5 Å². The Morgan fingerprint density at radius 1 is 1.20 bits per heavy atom. The highest BCUT2D eigenvalue weighted by Crippen LogP contribution is 2.34. The molecule has 1 aliphatic rings. The highest BCUT2D eigenvalue weighted by molar-refractivity contribution is 7.12. The van der Waals surface area contributed by atoms with Gasteiger partial charge in [-0.1, -0.05) is 6.07 Å². The molecule has 0 saturated heterocycles. The molecule has 0 saturated carbocycles. The van der Waals surface area contributed by atoms with Gasteiger partial charge in [0.15, 0.2) is 6.61 Å². The lowest BCUT2D eigenvalue weighted by Gasteiger charge is -2.20. The van der Waals surface area contributed by atoms with E-state index in [1.807, 2.05) is 23.6 Å². The zero-order valence-electron chi connectivity index (χ0n) is 16.3. The number of hydrogen-bond donors (Lipinski definition) is 0. The van der Waals surface area contributed by atoms with Crippen LogP contribution < -0.4 is 4.74 Å². The number of nitrogens with zero attached hydrogens (tertiary/aromatic N) is 2. The molecular weight excluding hydrogens is 404 g/mol. The second kappa shape index (κ2) is 8.96. The van der Waals surface area contributed by atoms with Crippen molar-refractivity contribution in [2.45, 2.75) is 19.4 Å². The Morgan fingerprint density at radius 2 is 2.03 bits per heavy atom. The van der Waals surface area contributed by atoms with Gasteiger partial charge in [-0.25, -0.2) is 9.80 Å². The Hall–Kier alpha value is -3.39. The van der Waals surface area contributed by atoms with Crippen LogP contribution in [0.5, 0.6) is 5.75 Å². The first kappa shape index (κ1) is 19.9. The summed E-state index contributed by atoms with van der Waals surface area (Å²) in [4.78, 5) is 25.6. The van der Waals surface area contributed by atoms with Gasteiger partial charge < -0.3 is 13.9 Å². The highest BCUT2D eigenvalue weighted by Gasteiger charge is 2.35. The third-order valence-electron chi connectivity index (χ3n) is 4.57. The number of furan rings is 1. The van der Waals surface area contributed by atoms with Gasteiger partial charge in [-0.05, 0) is 54.8 Å². The lowest BCUT2D eigenvalue weighted by Crippen LogP contribution is -2.31. The predicted molar refractivity (Wildman–Crippen MR) is 112 cm³/mol. The molecule has 1 unspecified atom stereocenters. The van der Waals surface area contributed by atoms with Gasteiger partial charge in [0.1, 0.15) is 17.6 Å². The van der Waals surface area contributed by atoms with E-state index in [-0.39, 0.29) is 18.6 Å². The van der Waals surface area contributed by atoms with Crippen LogP contribution in [0.25, 0.3) is 0 Å². The van der Waals surface area contributed by atoms with Gasteiger partial charge in [-0.3, -0.25) is 4.79 Å². The first-order chi connectivity index (χ1) is 14.7. The van der Waals surface area contributed by atoms with Gasteiger partial charge in [0.25, 0.3) is 5.91 Å². The van der Waals surface area contributed by atoms with E-state index in [1.54, 1.807) is 54.9 Å². The number of esters is 1. The topological polar surface area (TPSA) is 81.3 Å². The summed E-state index contributed by atoms with van der Waals surface area (Å²) >= 11 is 1.58. The van der Waals surface area contributed by atoms with Crippen LogP contribution in [0.4, 0.5) is 0 Å². The summed E-state index contributed by atoms with van der Waals surface area (Å²) in [5, 5.41) is 7.96. The largest absolute Gasteiger partial charge is 0.484 e. The average molecular weight is 424 g/mol. The highest BCUT2D eigenvalue weighted by atomic mass is 32.1. The van der Waals surface area contributed by atoms with Gasteiger partial charge in [-0.15, -0.1) is 11.3 Å². The average Bonchev–Trinajstić information content (AvgIpc) is 3.53. The lowest BCUT2D eigenvalue weighted by molar-refractivity contribution is -0.135. The van der Waals surface area contributed by atoms with E-state index in [0.29, 0.717) is 30.1 Å². The Bertz CT molecular complexity index is 1030. The predicted octanol–water partition coefficient (Wildman–Crippen LogP) is 4.27. The van der Waals surface area contributed by atoms with E-state index in [1.165, 1.54) is 5.01 Å². The van der Waals surface area contributed by atoms with Gasteiger partial charge >= 0.3 is 5.97 Å². The number of thiophene rings is 1. The van der Waals surface area contributed by atoms with Crippen molar-refractivity contribution in [3.05, 3.63) is 76.4 Å². The molecule has 2 aromatic heterocycles. The van der Waals surface area contributed by atoms with E-state index >= 15 is 0 Å². The Labute approximate surface area is 177 Å². The smallest absolute Gasteiger partial charge is 0.338 e. The molecule has 0 aliphatic carbocycles. The Balaban J connectivity index is 1.44. The van der Waals surface area contributed by atoms with Crippen molar-refractivity contribution in [2.24, 2.45) is 5.10 Å². The number of benzene rings is 1. The van der Waals surface area contributed by atoms with Crippen LogP contribution in [0.1, 0.15) is 40.4 Å². The van der Waals surface area contributed by atoms with Crippen LogP contribution in [0.3, 0.4) is 0 Å². The second-order valence-corrected chi connectivity index (χ2v) is 7.48. The number of hydrazone groups is 1. The summed E-state index contributed by atoms with van der Waals surface area (Å²) in [6.07, 6.45) is 2.16. The summed E-state index contributed by atoms with van der Waals surface area (Å²) in [5.74, 6) is 0.483. The minimum atomic E-state index is -0.395.